The number of hydrogen-bond acceptors (Lipinski definition) is 3. The third kappa shape index (κ3) is 3.28. The summed E-state index contributed by atoms with van der Waals surface area (Å²) in [6.45, 7) is 2.05. The zero-order valence-corrected chi connectivity index (χ0v) is 11.6. The zero-order valence-electron chi connectivity index (χ0n) is 11.6. The maximum absolute atomic E-state index is 11.1. The molecule has 2 aromatic rings. The van der Waals surface area contributed by atoms with Crippen LogP contribution in [0.15, 0.2) is 30.3 Å². The molecule has 0 saturated carbocycles. The van der Waals surface area contributed by atoms with Crippen molar-refractivity contribution in [3.8, 4) is 5.69 Å². The molecule has 0 aliphatic heterocycles. The lowest BCUT2D eigenvalue weighted by Gasteiger charge is -2.07. The first-order valence-corrected chi connectivity index (χ1v) is 6.69. The van der Waals surface area contributed by atoms with Gasteiger partial charge in [0.15, 0.2) is 5.69 Å². The number of aromatic nitrogens is 2. The van der Waals surface area contributed by atoms with E-state index in [1.165, 1.54) is 22.9 Å². The van der Waals surface area contributed by atoms with Crippen molar-refractivity contribution in [1.29, 1.82) is 0 Å². The van der Waals surface area contributed by atoms with Gasteiger partial charge in [-0.25, -0.2) is 14.3 Å². The Bertz CT molecular complexity index is 676. The van der Waals surface area contributed by atoms with Crippen molar-refractivity contribution in [1.82, 2.24) is 9.78 Å². The summed E-state index contributed by atoms with van der Waals surface area (Å²) in [6.07, 6.45) is 2.57. The molecule has 0 unspecified atom stereocenters. The first-order valence-electron chi connectivity index (χ1n) is 6.69. The van der Waals surface area contributed by atoms with Crippen LogP contribution in [0.2, 0.25) is 0 Å². The van der Waals surface area contributed by atoms with E-state index in [2.05, 4.69) is 5.10 Å². The number of carboxylic acid groups (broad SMARTS) is 2. The molecular formula is C15H16N2O4. The van der Waals surface area contributed by atoms with Crippen molar-refractivity contribution in [2.24, 2.45) is 0 Å². The summed E-state index contributed by atoms with van der Waals surface area (Å²) < 4.78 is 1.51. The summed E-state index contributed by atoms with van der Waals surface area (Å²) in [5.74, 6) is -2.13. The second-order valence-corrected chi connectivity index (χ2v) is 4.70. The molecular weight excluding hydrogens is 272 g/mol. The second kappa shape index (κ2) is 6.21. The number of carboxylic acids is 2. The van der Waals surface area contributed by atoms with E-state index in [0.29, 0.717) is 12.1 Å². The van der Waals surface area contributed by atoms with Crippen LogP contribution in [0, 0.1) is 0 Å². The van der Waals surface area contributed by atoms with E-state index in [1.54, 1.807) is 12.1 Å². The third-order valence-corrected chi connectivity index (χ3v) is 3.13. The fourth-order valence-electron chi connectivity index (χ4n) is 2.05. The predicted molar refractivity (Wildman–Crippen MR) is 76.1 cm³/mol. The number of hydrogen-bond donors (Lipinski definition) is 2. The molecule has 0 amide bonds. The van der Waals surface area contributed by atoms with Gasteiger partial charge in [-0.3, -0.25) is 0 Å². The second-order valence-electron chi connectivity index (χ2n) is 4.70. The molecule has 2 N–H and O–H groups in total. The first-order chi connectivity index (χ1) is 10.0. The van der Waals surface area contributed by atoms with E-state index in [9.17, 15) is 9.59 Å². The molecule has 0 bridgehead atoms. The lowest BCUT2D eigenvalue weighted by molar-refractivity contribution is 0.0681. The number of aromatic carboxylic acids is 2. The first kappa shape index (κ1) is 14.8. The molecule has 0 radical (unpaired) electrons. The summed E-state index contributed by atoms with van der Waals surface area (Å²) >= 11 is 0. The van der Waals surface area contributed by atoms with E-state index in [0.717, 1.165) is 18.5 Å². The van der Waals surface area contributed by atoms with E-state index in [4.69, 9.17) is 10.2 Å². The lowest BCUT2D eigenvalue weighted by atomic mass is 10.1. The lowest BCUT2D eigenvalue weighted by Crippen LogP contribution is -2.05. The number of aryl methyl sites for hydroxylation is 1. The van der Waals surface area contributed by atoms with Crippen LogP contribution in [0.4, 0.5) is 0 Å². The van der Waals surface area contributed by atoms with Crippen molar-refractivity contribution in [2.45, 2.75) is 26.2 Å². The molecule has 1 aromatic carbocycles. The number of benzene rings is 1. The summed E-state index contributed by atoms with van der Waals surface area (Å²) in [5.41, 5.74) is 1.41. The molecule has 110 valence electrons. The van der Waals surface area contributed by atoms with Crippen LogP contribution in [0.1, 0.15) is 46.3 Å². The van der Waals surface area contributed by atoms with Crippen LogP contribution < -0.4 is 0 Å². The average molecular weight is 288 g/mol. The van der Waals surface area contributed by atoms with E-state index in [1.807, 2.05) is 6.92 Å². The van der Waals surface area contributed by atoms with Gasteiger partial charge in [0.2, 0.25) is 0 Å². The molecule has 21 heavy (non-hydrogen) atoms. The maximum atomic E-state index is 11.1. The van der Waals surface area contributed by atoms with Crippen LogP contribution in [0.3, 0.4) is 0 Å². The van der Waals surface area contributed by atoms with Gasteiger partial charge >= 0.3 is 11.9 Å². The molecule has 2 rings (SSSR count). The van der Waals surface area contributed by atoms with Gasteiger partial charge in [0, 0.05) is 5.69 Å². The molecule has 6 nitrogen and oxygen atoms in total. The summed E-state index contributed by atoms with van der Waals surface area (Å²) in [4.78, 5) is 22.1. The van der Waals surface area contributed by atoms with Crippen molar-refractivity contribution < 1.29 is 19.8 Å². The van der Waals surface area contributed by atoms with Gasteiger partial charge < -0.3 is 10.2 Å². The number of carbonyl (C=O) groups is 2. The van der Waals surface area contributed by atoms with Gasteiger partial charge in [0.05, 0.1) is 11.3 Å². The summed E-state index contributed by atoms with van der Waals surface area (Å²) in [7, 11) is 0. The average Bonchev–Trinajstić information content (AvgIpc) is 2.89. The fourth-order valence-corrected chi connectivity index (χ4v) is 2.05. The Balaban J connectivity index is 2.48. The van der Waals surface area contributed by atoms with Crippen molar-refractivity contribution in [3.63, 3.8) is 0 Å². The minimum absolute atomic E-state index is 0.0400. The fraction of sp³-hybridized carbons (Fsp3) is 0.267. The smallest absolute Gasteiger partial charge is 0.356 e. The Labute approximate surface area is 121 Å². The zero-order chi connectivity index (χ0) is 15.4. The topological polar surface area (TPSA) is 92.4 Å². The molecule has 0 spiro atoms. The Morgan fingerprint density at radius 3 is 2.57 bits per heavy atom. The van der Waals surface area contributed by atoms with Crippen LogP contribution in [-0.4, -0.2) is 31.9 Å². The van der Waals surface area contributed by atoms with E-state index >= 15 is 0 Å². The van der Waals surface area contributed by atoms with Crippen LogP contribution in [0.5, 0.6) is 0 Å². The van der Waals surface area contributed by atoms with Crippen LogP contribution in [0.25, 0.3) is 5.69 Å². The minimum atomic E-state index is -1.10. The van der Waals surface area contributed by atoms with Gasteiger partial charge in [0.1, 0.15) is 0 Å². The monoisotopic (exact) mass is 288 g/mol. The van der Waals surface area contributed by atoms with Gasteiger partial charge in [-0.2, -0.15) is 5.10 Å². The molecule has 1 heterocycles. The Hall–Kier alpha value is -2.63. The SMILES string of the molecule is CCCCc1cc(C(=O)O)nn1-c1cccc(C(=O)O)c1. The van der Waals surface area contributed by atoms with Crippen molar-refractivity contribution >= 4 is 11.9 Å². The highest BCUT2D eigenvalue weighted by atomic mass is 16.4. The standard InChI is InChI=1S/C15H16N2O4/c1-2-3-6-12-9-13(15(20)21)16-17(12)11-7-4-5-10(8-11)14(18)19/h4-5,7-9H,2-3,6H2,1H3,(H,18,19)(H,20,21). The molecule has 0 saturated heterocycles. The van der Waals surface area contributed by atoms with E-state index in [-0.39, 0.29) is 11.3 Å². The van der Waals surface area contributed by atoms with Crippen molar-refractivity contribution in [3.05, 3.63) is 47.3 Å². The molecule has 0 aliphatic carbocycles. The van der Waals surface area contributed by atoms with Gasteiger partial charge in [-0.15, -0.1) is 0 Å². The van der Waals surface area contributed by atoms with Gasteiger partial charge in [-0.1, -0.05) is 19.4 Å². The molecule has 0 fully saturated rings. The summed E-state index contributed by atoms with van der Waals surface area (Å²) in [5, 5.41) is 22.2. The predicted octanol–water partition coefficient (Wildman–Crippen LogP) is 2.61. The van der Waals surface area contributed by atoms with Crippen molar-refractivity contribution in [2.75, 3.05) is 0 Å². The molecule has 1 aromatic heterocycles. The normalized spacial score (nSPS) is 10.5. The highest BCUT2D eigenvalue weighted by Gasteiger charge is 2.15. The quantitative estimate of drug-likeness (QED) is 0.852. The molecule has 0 aliphatic rings. The molecule has 0 atom stereocenters. The number of unbranched alkanes of at least 4 members (excludes halogenated alkanes) is 1. The highest BCUT2D eigenvalue weighted by molar-refractivity contribution is 5.88. The number of nitrogens with zero attached hydrogens (tertiary/aromatic N) is 2. The number of rotatable bonds is 6. The largest absolute Gasteiger partial charge is 0.478 e. The maximum Gasteiger partial charge on any atom is 0.356 e. The molecule has 6 heteroatoms. The Kier molecular flexibility index (Phi) is 4.37. The van der Waals surface area contributed by atoms with Crippen LogP contribution >= 0.6 is 0 Å². The van der Waals surface area contributed by atoms with Crippen LogP contribution in [-0.2, 0) is 6.42 Å². The van der Waals surface area contributed by atoms with Gasteiger partial charge in [-0.05, 0) is 37.1 Å². The Morgan fingerprint density at radius 2 is 1.95 bits per heavy atom. The minimum Gasteiger partial charge on any atom is -0.478 e. The highest BCUT2D eigenvalue weighted by Crippen LogP contribution is 2.17. The van der Waals surface area contributed by atoms with Gasteiger partial charge in [0.25, 0.3) is 0 Å². The Morgan fingerprint density at radius 1 is 1.19 bits per heavy atom. The van der Waals surface area contributed by atoms with E-state index < -0.39 is 11.9 Å². The summed E-state index contributed by atoms with van der Waals surface area (Å²) in [6, 6.07) is 7.83. The third-order valence-electron chi connectivity index (χ3n) is 3.13.